The number of hydrogen-bond donors (Lipinski definition) is 1. The number of methoxy groups -OCH3 is 2. The Labute approximate surface area is 193 Å². The largest absolute Gasteiger partial charge is 0.497 e. The molecule has 0 bridgehead atoms. The van der Waals surface area contributed by atoms with Gasteiger partial charge in [-0.1, -0.05) is 30.3 Å². The Balaban J connectivity index is 1.87. The van der Waals surface area contributed by atoms with Crippen molar-refractivity contribution in [2.45, 2.75) is 20.8 Å². The highest BCUT2D eigenvalue weighted by molar-refractivity contribution is 6.46. The van der Waals surface area contributed by atoms with E-state index in [2.05, 4.69) is 5.32 Å². The van der Waals surface area contributed by atoms with Gasteiger partial charge in [0.2, 0.25) is 0 Å². The topological polar surface area (TPSA) is 67.9 Å². The Bertz CT molecular complexity index is 1280. The second-order valence-electron chi connectivity index (χ2n) is 7.97. The standard InChI is InChI=1S/C27H26N2O4/c1-16-9-14-23(33-5)21(15-16)28-25-24(19-10-12-20(32-4)13-11-19)26(30)29(27(25)31)22-8-6-7-17(2)18(22)3/h6-15,28H,1-5H3. The van der Waals surface area contributed by atoms with Crippen LogP contribution in [-0.2, 0) is 9.59 Å². The predicted molar refractivity (Wildman–Crippen MR) is 130 cm³/mol. The Morgan fingerprint density at radius 3 is 2.21 bits per heavy atom. The molecule has 0 saturated heterocycles. The van der Waals surface area contributed by atoms with Crippen molar-refractivity contribution in [2.75, 3.05) is 24.4 Å². The number of imide groups is 1. The molecule has 4 rings (SSSR count). The SMILES string of the molecule is COc1ccc(C2=C(Nc3cc(C)ccc3OC)C(=O)N(c3cccc(C)c3C)C2=O)cc1. The summed E-state index contributed by atoms with van der Waals surface area (Å²) in [4.78, 5) is 28.6. The molecule has 0 saturated carbocycles. The number of hydrogen-bond acceptors (Lipinski definition) is 5. The van der Waals surface area contributed by atoms with E-state index in [1.54, 1.807) is 44.6 Å². The molecule has 2 amide bonds. The van der Waals surface area contributed by atoms with E-state index in [4.69, 9.17) is 9.47 Å². The van der Waals surface area contributed by atoms with Crippen molar-refractivity contribution in [2.24, 2.45) is 0 Å². The third kappa shape index (κ3) is 3.96. The number of amides is 2. The molecule has 6 heteroatoms. The van der Waals surface area contributed by atoms with Crippen molar-refractivity contribution >= 4 is 28.8 Å². The number of carbonyl (C=O) groups excluding carboxylic acids is 2. The van der Waals surface area contributed by atoms with Crippen LogP contribution >= 0.6 is 0 Å². The lowest BCUT2D eigenvalue weighted by atomic mass is 10.0. The highest BCUT2D eigenvalue weighted by Crippen LogP contribution is 2.37. The number of nitrogens with zero attached hydrogens (tertiary/aromatic N) is 1. The van der Waals surface area contributed by atoms with Gasteiger partial charge in [-0.15, -0.1) is 0 Å². The maximum Gasteiger partial charge on any atom is 0.282 e. The summed E-state index contributed by atoms with van der Waals surface area (Å²) in [5.74, 6) is 0.445. The van der Waals surface area contributed by atoms with E-state index in [0.29, 0.717) is 34.0 Å². The zero-order valence-electron chi connectivity index (χ0n) is 19.4. The van der Waals surface area contributed by atoms with E-state index in [9.17, 15) is 9.59 Å². The number of rotatable bonds is 6. The number of aryl methyl sites for hydroxylation is 2. The monoisotopic (exact) mass is 442 g/mol. The van der Waals surface area contributed by atoms with Crippen LogP contribution in [0.25, 0.3) is 5.57 Å². The van der Waals surface area contributed by atoms with Crippen LogP contribution in [-0.4, -0.2) is 26.0 Å². The molecular formula is C27H26N2O4. The molecule has 3 aromatic carbocycles. The van der Waals surface area contributed by atoms with Gasteiger partial charge in [-0.25, -0.2) is 4.90 Å². The van der Waals surface area contributed by atoms with Crippen molar-refractivity contribution in [3.8, 4) is 11.5 Å². The van der Waals surface area contributed by atoms with Crippen LogP contribution in [0.1, 0.15) is 22.3 Å². The Kier molecular flexibility index (Phi) is 5.92. The van der Waals surface area contributed by atoms with E-state index in [1.807, 2.05) is 51.1 Å². The summed E-state index contributed by atoms with van der Waals surface area (Å²) >= 11 is 0. The molecule has 0 aromatic heterocycles. The molecule has 1 N–H and O–H groups in total. The third-order valence-corrected chi connectivity index (χ3v) is 5.89. The van der Waals surface area contributed by atoms with Crippen molar-refractivity contribution in [1.29, 1.82) is 0 Å². The highest BCUT2D eigenvalue weighted by atomic mass is 16.5. The van der Waals surface area contributed by atoms with E-state index in [0.717, 1.165) is 16.7 Å². The van der Waals surface area contributed by atoms with Crippen LogP contribution in [0, 0.1) is 20.8 Å². The minimum Gasteiger partial charge on any atom is -0.497 e. The predicted octanol–water partition coefficient (Wildman–Crippen LogP) is 5.03. The Morgan fingerprint density at radius 2 is 1.55 bits per heavy atom. The first-order valence-corrected chi connectivity index (χ1v) is 10.6. The summed E-state index contributed by atoms with van der Waals surface area (Å²) in [6, 6.07) is 18.3. The Hall–Kier alpha value is -4.06. The van der Waals surface area contributed by atoms with Gasteiger partial charge in [-0.2, -0.15) is 0 Å². The average molecular weight is 443 g/mol. The second kappa shape index (κ2) is 8.82. The molecule has 0 aliphatic carbocycles. The van der Waals surface area contributed by atoms with Crippen molar-refractivity contribution in [1.82, 2.24) is 0 Å². The molecule has 0 atom stereocenters. The summed E-state index contributed by atoms with van der Waals surface area (Å²) in [5, 5.41) is 3.20. The molecule has 1 aliphatic rings. The van der Waals surface area contributed by atoms with Crippen LogP contribution < -0.4 is 19.7 Å². The van der Waals surface area contributed by atoms with Gasteiger partial charge in [0.15, 0.2) is 0 Å². The van der Waals surface area contributed by atoms with Gasteiger partial charge in [0, 0.05) is 0 Å². The molecule has 33 heavy (non-hydrogen) atoms. The summed E-state index contributed by atoms with van der Waals surface area (Å²) in [5.41, 5.74) is 5.18. The third-order valence-electron chi connectivity index (χ3n) is 5.89. The Morgan fingerprint density at radius 1 is 0.818 bits per heavy atom. The molecule has 0 spiro atoms. The molecule has 1 aliphatic heterocycles. The summed E-state index contributed by atoms with van der Waals surface area (Å²) in [7, 11) is 3.15. The lowest BCUT2D eigenvalue weighted by Gasteiger charge is -2.19. The van der Waals surface area contributed by atoms with Crippen molar-refractivity contribution in [3.63, 3.8) is 0 Å². The van der Waals surface area contributed by atoms with Gasteiger partial charge in [-0.3, -0.25) is 9.59 Å². The van der Waals surface area contributed by atoms with Crippen molar-refractivity contribution in [3.05, 3.63) is 88.6 Å². The van der Waals surface area contributed by atoms with Gasteiger partial charge in [0.1, 0.15) is 17.2 Å². The zero-order valence-corrected chi connectivity index (χ0v) is 19.4. The number of benzene rings is 3. The van der Waals surface area contributed by atoms with Gasteiger partial charge in [0.05, 0.1) is 31.2 Å². The van der Waals surface area contributed by atoms with E-state index >= 15 is 0 Å². The maximum atomic E-state index is 13.7. The fourth-order valence-electron chi connectivity index (χ4n) is 3.92. The van der Waals surface area contributed by atoms with Crippen molar-refractivity contribution < 1.29 is 19.1 Å². The summed E-state index contributed by atoms with van der Waals surface area (Å²) in [6.45, 7) is 5.82. The van der Waals surface area contributed by atoms with Crippen LogP contribution in [0.3, 0.4) is 0 Å². The molecule has 3 aromatic rings. The lowest BCUT2D eigenvalue weighted by molar-refractivity contribution is -0.120. The summed E-state index contributed by atoms with van der Waals surface area (Å²) in [6.07, 6.45) is 0. The number of nitrogens with one attached hydrogen (secondary N) is 1. The minimum absolute atomic E-state index is 0.204. The molecule has 168 valence electrons. The second-order valence-corrected chi connectivity index (χ2v) is 7.97. The molecule has 0 fully saturated rings. The van der Waals surface area contributed by atoms with Gasteiger partial charge < -0.3 is 14.8 Å². The van der Waals surface area contributed by atoms with Crippen LogP contribution in [0.4, 0.5) is 11.4 Å². The molecule has 0 radical (unpaired) electrons. The lowest BCUT2D eigenvalue weighted by Crippen LogP contribution is -2.33. The number of anilines is 2. The van der Waals surface area contributed by atoms with Crippen LogP contribution in [0.15, 0.2) is 66.4 Å². The van der Waals surface area contributed by atoms with E-state index in [1.165, 1.54) is 4.90 Å². The average Bonchev–Trinajstić information content (AvgIpc) is 3.05. The summed E-state index contributed by atoms with van der Waals surface area (Å²) < 4.78 is 10.7. The van der Waals surface area contributed by atoms with Gasteiger partial charge >= 0.3 is 0 Å². The molecular weight excluding hydrogens is 416 g/mol. The fraction of sp³-hybridized carbons (Fsp3) is 0.185. The zero-order chi connectivity index (χ0) is 23.7. The van der Waals surface area contributed by atoms with Crippen LogP contribution in [0.2, 0.25) is 0 Å². The maximum absolute atomic E-state index is 13.7. The molecule has 1 heterocycles. The van der Waals surface area contributed by atoms with E-state index < -0.39 is 5.91 Å². The van der Waals surface area contributed by atoms with Gasteiger partial charge in [-0.05, 0) is 73.4 Å². The fourth-order valence-corrected chi connectivity index (χ4v) is 3.92. The normalized spacial score (nSPS) is 13.5. The quantitative estimate of drug-likeness (QED) is 0.543. The number of ether oxygens (including phenoxy) is 2. The highest BCUT2D eigenvalue weighted by Gasteiger charge is 2.41. The smallest absolute Gasteiger partial charge is 0.282 e. The number of carbonyl (C=O) groups is 2. The molecule has 6 nitrogen and oxygen atoms in total. The molecule has 0 unspecified atom stereocenters. The first kappa shape index (κ1) is 22.1. The van der Waals surface area contributed by atoms with Gasteiger partial charge in [0.25, 0.3) is 11.8 Å². The minimum atomic E-state index is -0.414. The first-order chi connectivity index (χ1) is 15.8. The van der Waals surface area contributed by atoms with Crippen LogP contribution in [0.5, 0.6) is 11.5 Å². The first-order valence-electron chi connectivity index (χ1n) is 10.6. The van der Waals surface area contributed by atoms with E-state index in [-0.39, 0.29) is 11.6 Å².